The third-order valence-corrected chi connectivity index (χ3v) is 5.42. The number of aromatic amines is 1. The van der Waals surface area contributed by atoms with Crippen LogP contribution < -0.4 is 4.72 Å². The number of nitrogens with one attached hydrogen (secondary N) is 2. The van der Waals surface area contributed by atoms with Gasteiger partial charge in [0, 0.05) is 17.2 Å². The molecule has 0 fully saturated rings. The number of thiophene rings is 1. The van der Waals surface area contributed by atoms with E-state index < -0.39 is 10.0 Å². The highest BCUT2D eigenvalue weighted by Gasteiger charge is 2.21. The lowest BCUT2D eigenvalue weighted by molar-refractivity contribution is 0.567. The van der Waals surface area contributed by atoms with Crippen molar-refractivity contribution in [3.05, 3.63) is 28.8 Å². The molecule has 0 saturated carbocycles. The first-order valence-corrected chi connectivity index (χ1v) is 8.11. The first-order chi connectivity index (χ1) is 9.22. The zero-order valence-electron chi connectivity index (χ0n) is 11.3. The molecule has 0 aromatic carbocycles. The Labute approximate surface area is 121 Å². The summed E-state index contributed by atoms with van der Waals surface area (Å²) in [5.74, 6) is 0.238. The fraction of sp³-hybridized carbons (Fsp3) is 0.333. The van der Waals surface area contributed by atoms with Crippen LogP contribution in [0, 0.1) is 11.3 Å². The highest BCUT2D eigenvalue weighted by molar-refractivity contribution is 7.94. The number of aromatic nitrogens is 2. The van der Waals surface area contributed by atoms with Crippen molar-refractivity contribution in [2.75, 3.05) is 4.72 Å². The molecule has 0 saturated heterocycles. The smallest absolute Gasteiger partial charge is 0.272 e. The molecular formula is C12H14N4O2S2. The molecule has 0 aliphatic heterocycles. The lowest BCUT2D eigenvalue weighted by Crippen LogP contribution is -2.12. The van der Waals surface area contributed by atoms with Crippen LogP contribution in [0.1, 0.15) is 31.3 Å². The monoisotopic (exact) mass is 310 g/mol. The Hall–Kier alpha value is -1.85. The molecule has 2 aromatic heterocycles. The van der Waals surface area contributed by atoms with Crippen molar-refractivity contribution in [3.63, 3.8) is 0 Å². The molecule has 0 aliphatic carbocycles. The SMILES string of the molecule is CC(C)(C)c1cc(NS(=O)(=O)c2ccc(C#N)s2)n[nH]1. The third-order valence-electron chi connectivity index (χ3n) is 2.58. The molecule has 0 bridgehead atoms. The van der Waals surface area contributed by atoms with E-state index in [1.54, 1.807) is 6.07 Å². The highest BCUT2D eigenvalue weighted by atomic mass is 32.2. The maximum Gasteiger partial charge on any atom is 0.272 e. The van der Waals surface area contributed by atoms with Crippen molar-refractivity contribution in [1.82, 2.24) is 10.2 Å². The van der Waals surface area contributed by atoms with Crippen LogP contribution in [0.3, 0.4) is 0 Å². The van der Waals surface area contributed by atoms with Crippen molar-refractivity contribution in [2.45, 2.75) is 30.4 Å². The topological polar surface area (TPSA) is 98.6 Å². The maximum absolute atomic E-state index is 12.1. The maximum atomic E-state index is 12.1. The Bertz CT molecular complexity index is 760. The van der Waals surface area contributed by atoms with E-state index in [1.807, 2.05) is 26.8 Å². The van der Waals surface area contributed by atoms with E-state index >= 15 is 0 Å². The fourth-order valence-corrected chi connectivity index (χ4v) is 3.57. The van der Waals surface area contributed by atoms with Gasteiger partial charge in [-0.25, -0.2) is 8.42 Å². The van der Waals surface area contributed by atoms with E-state index in [0.29, 0.717) is 4.88 Å². The van der Waals surface area contributed by atoms with Gasteiger partial charge in [0.1, 0.15) is 15.2 Å². The minimum atomic E-state index is -3.70. The van der Waals surface area contributed by atoms with Crippen LogP contribution >= 0.6 is 11.3 Å². The fourth-order valence-electron chi connectivity index (χ4n) is 1.47. The summed E-state index contributed by atoms with van der Waals surface area (Å²) < 4.78 is 26.7. The lowest BCUT2D eigenvalue weighted by Gasteiger charge is -2.14. The minimum absolute atomic E-state index is 0.0920. The molecule has 2 N–H and O–H groups in total. The Morgan fingerprint density at radius 1 is 1.40 bits per heavy atom. The molecule has 2 heterocycles. The molecule has 2 rings (SSSR count). The molecule has 0 atom stereocenters. The van der Waals surface area contributed by atoms with E-state index in [-0.39, 0.29) is 15.4 Å². The van der Waals surface area contributed by atoms with Crippen molar-refractivity contribution in [1.29, 1.82) is 5.26 Å². The lowest BCUT2D eigenvalue weighted by atomic mass is 9.92. The average molecular weight is 310 g/mol. The van der Waals surface area contributed by atoms with Crippen molar-refractivity contribution >= 4 is 27.2 Å². The van der Waals surface area contributed by atoms with Crippen LogP contribution in [0.4, 0.5) is 5.82 Å². The van der Waals surface area contributed by atoms with Gasteiger partial charge in [0.25, 0.3) is 10.0 Å². The van der Waals surface area contributed by atoms with Gasteiger partial charge in [0.15, 0.2) is 5.82 Å². The van der Waals surface area contributed by atoms with Gasteiger partial charge in [-0.1, -0.05) is 20.8 Å². The summed E-state index contributed by atoms with van der Waals surface area (Å²) >= 11 is 0.922. The van der Waals surface area contributed by atoms with Gasteiger partial charge in [-0.15, -0.1) is 11.3 Å². The number of anilines is 1. The van der Waals surface area contributed by atoms with Crippen LogP contribution in [0.2, 0.25) is 0 Å². The number of sulfonamides is 1. The van der Waals surface area contributed by atoms with Crippen molar-refractivity contribution in [2.24, 2.45) is 0 Å². The quantitative estimate of drug-likeness (QED) is 0.909. The molecule has 2 aromatic rings. The summed E-state index contributed by atoms with van der Waals surface area (Å²) in [4.78, 5) is 0.350. The Morgan fingerprint density at radius 2 is 2.10 bits per heavy atom. The zero-order valence-corrected chi connectivity index (χ0v) is 12.9. The summed E-state index contributed by atoms with van der Waals surface area (Å²) in [6.07, 6.45) is 0. The van der Waals surface area contributed by atoms with Crippen LogP contribution in [0.15, 0.2) is 22.4 Å². The molecule has 106 valence electrons. The molecule has 0 aliphatic rings. The second kappa shape index (κ2) is 4.92. The van der Waals surface area contributed by atoms with Gasteiger partial charge < -0.3 is 0 Å². The molecule has 20 heavy (non-hydrogen) atoms. The largest absolute Gasteiger partial charge is 0.280 e. The van der Waals surface area contributed by atoms with Crippen LogP contribution in [0.25, 0.3) is 0 Å². The molecule has 0 unspecified atom stereocenters. The van der Waals surface area contributed by atoms with Crippen LogP contribution in [0.5, 0.6) is 0 Å². The number of H-pyrrole nitrogens is 1. The van der Waals surface area contributed by atoms with Crippen LogP contribution in [-0.2, 0) is 15.4 Å². The summed E-state index contributed by atoms with van der Waals surface area (Å²) in [6.45, 7) is 5.99. The molecule has 0 radical (unpaired) electrons. The first kappa shape index (κ1) is 14.6. The van der Waals surface area contributed by atoms with Crippen molar-refractivity contribution < 1.29 is 8.42 Å². The zero-order chi connectivity index (χ0) is 15.0. The third kappa shape index (κ3) is 3.00. The summed E-state index contributed by atoms with van der Waals surface area (Å²) in [7, 11) is -3.70. The second-order valence-electron chi connectivity index (χ2n) is 5.25. The van der Waals surface area contributed by atoms with E-state index in [0.717, 1.165) is 17.0 Å². The van der Waals surface area contributed by atoms with E-state index in [1.165, 1.54) is 12.1 Å². The Kier molecular flexibility index (Phi) is 3.58. The van der Waals surface area contributed by atoms with Gasteiger partial charge in [-0.2, -0.15) is 10.4 Å². The van der Waals surface area contributed by atoms with Gasteiger partial charge in [0.05, 0.1) is 0 Å². The second-order valence-corrected chi connectivity index (χ2v) is 8.25. The predicted octanol–water partition coefficient (Wildman–Crippen LogP) is 2.44. The number of hydrogen-bond acceptors (Lipinski definition) is 5. The normalized spacial score (nSPS) is 12.1. The van der Waals surface area contributed by atoms with E-state index in [4.69, 9.17) is 5.26 Å². The van der Waals surface area contributed by atoms with Gasteiger partial charge in [-0.05, 0) is 12.1 Å². The summed E-state index contributed by atoms with van der Waals surface area (Å²) in [5.41, 5.74) is 0.687. The molecular weight excluding hydrogens is 296 g/mol. The molecule has 0 spiro atoms. The number of nitrogens with zero attached hydrogens (tertiary/aromatic N) is 2. The number of nitriles is 1. The van der Waals surface area contributed by atoms with Crippen molar-refractivity contribution in [3.8, 4) is 6.07 Å². The average Bonchev–Trinajstić information content (AvgIpc) is 2.95. The molecule has 0 amide bonds. The Morgan fingerprint density at radius 3 is 2.60 bits per heavy atom. The van der Waals surface area contributed by atoms with E-state index in [9.17, 15) is 8.42 Å². The van der Waals surface area contributed by atoms with Gasteiger partial charge in [-0.3, -0.25) is 9.82 Å². The Balaban J connectivity index is 2.25. The summed E-state index contributed by atoms with van der Waals surface area (Å²) in [5, 5.41) is 15.5. The molecule has 8 heteroatoms. The minimum Gasteiger partial charge on any atom is -0.280 e. The van der Waals surface area contributed by atoms with Gasteiger partial charge >= 0.3 is 0 Å². The first-order valence-electron chi connectivity index (χ1n) is 5.81. The predicted molar refractivity (Wildman–Crippen MR) is 77.1 cm³/mol. The van der Waals surface area contributed by atoms with Gasteiger partial charge in [0.2, 0.25) is 0 Å². The number of rotatable bonds is 3. The number of hydrogen-bond donors (Lipinski definition) is 2. The summed E-state index contributed by atoms with van der Waals surface area (Å²) in [6, 6.07) is 6.46. The van der Waals surface area contributed by atoms with Crippen LogP contribution in [-0.4, -0.2) is 18.6 Å². The highest BCUT2D eigenvalue weighted by Crippen LogP contribution is 2.25. The standard InChI is InChI=1S/C12H14N4O2S2/c1-12(2,3)9-6-10(15-14-9)16-20(17,18)11-5-4-8(7-13)19-11/h4-6H,1-3H3,(H2,14,15,16). The molecule has 6 nitrogen and oxygen atoms in total. The van der Waals surface area contributed by atoms with E-state index in [2.05, 4.69) is 14.9 Å².